The minimum absolute atomic E-state index is 0.0367. The van der Waals surface area contributed by atoms with Gasteiger partial charge in [0.2, 0.25) is 0 Å². The Kier molecular flexibility index (Phi) is 3.52. The molecular formula is C17H17NO2. The Morgan fingerprint density at radius 2 is 1.70 bits per heavy atom. The van der Waals surface area contributed by atoms with Crippen LogP contribution < -0.4 is 0 Å². The standard InChI is InChI=1S/C17H17NO2/c1-13-18(11-12-20-13)17(19)16-9-7-15(8-10-16)14-5-3-2-4-6-14/h2-10,13H,11-12H2,1H3. The van der Waals surface area contributed by atoms with Crippen molar-refractivity contribution < 1.29 is 9.53 Å². The fraction of sp³-hybridized carbons (Fsp3) is 0.235. The third-order valence-electron chi connectivity index (χ3n) is 3.63. The predicted molar refractivity (Wildman–Crippen MR) is 78.3 cm³/mol. The average molecular weight is 267 g/mol. The molecule has 102 valence electrons. The van der Waals surface area contributed by atoms with E-state index < -0.39 is 0 Å². The summed E-state index contributed by atoms with van der Waals surface area (Å²) in [5.74, 6) is 0.0367. The third-order valence-corrected chi connectivity index (χ3v) is 3.63. The second-order valence-electron chi connectivity index (χ2n) is 4.91. The second kappa shape index (κ2) is 5.47. The Hall–Kier alpha value is -2.13. The Morgan fingerprint density at radius 1 is 1.05 bits per heavy atom. The lowest BCUT2D eigenvalue weighted by atomic mass is 10.0. The molecule has 0 aromatic heterocycles. The quantitative estimate of drug-likeness (QED) is 0.836. The van der Waals surface area contributed by atoms with Crippen molar-refractivity contribution in [3.05, 3.63) is 60.2 Å². The van der Waals surface area contributed by atoms with Crippen LogP contribution in [0.4, 0.5) is 0 Å². The van der Waals surface area contributed by atoms with Gasteiger partial charge in [0.1, 0.15) is 6.23 Å². The van der Waals surface area contributed by atoms with Crippen LogP contribution in [-0.4, -0.2) is 30.2 Å². The number of nitrogens with zero attached hydrogens (tertiary/aromatic N) is 1. The van der Waals surface area contributed by atoms with Gasteiger partial charge in [-0.3, -0.25) is 4.79 Å². The van der Waals surface area contributed by atoms with Crippen molar-refractivity contribution in [2.24, 2.45) is 0 Å². The van der Waals surface area contributed by atoms with Gasteiger partial charge in [-0.2, -0.15) is 0 Å². The van der Waals surface area contributed by atoms with Gasteiger partial charge in [0, 0.05) is 12.1 Å². The summed E-state index contributed by atoms with van der Waals surface area (Å²) in [4.78, 5) is 14.1. The molecule has 3 heteroatoms. The van der Waals surface area contributed by atoms with Crippen LogP contribution in [0, 0.1) is 0 Å². The molecule has 0 radical (unpaired) electrons. The highest BCUT2D eigenvalue weighted by atomic mass is 16.5. The molecule has 1 amide bonds. The molecule has 20 heavy (non-hydrogen) atoms. The average Bonchev–Trinajstić information content (AvgIpc) is 2.94. The van der Waals surface area contributed by atoms with Gasteiger partial charge in [0.05, 0.1) is 6.61 Å². The molecule has 0 bridgehead atoms. The van der Waals surface area contributed by atoms with Gasteiger partial charge in [-0.15, -0.1) is 0 Å². The van der Waals surface area contributed by atoms with Crippen LogP contribution in [0.3, 0.4) is 0 Å². The first-order chi connectivity index (χ1) is 9.75. The maximum atomic E-state index is 12.4. The highest BCUT2D eigenvalue weighted by molar-refractivity contribution is 5.95. The molecule has 0 spiro atoms. The summed E-state index contributed by atoms with van der Waals surface area (Å²) in [6.45, 7) is 3.19. The molecule has 1 unspecified atom stereocenters. The molecule has 1 fully saturated rings. The largest absolute Gasteiger partial charge is 0.357 e. The molecule has 2 aromatic carbocycles. The normalized spacial score (nSPS) is 18.2. The van der Waals surface area contributed by atoms with Crippen molar-refractivity contribution in [2.45, 2.75) is 13.2 Å². The lowest BCUT2D eigenvalue weighted by molar-refractivity contribution is 0.0378. The first kappa shape index (κ1) is 12.9. The summed E-state index contributed by atoms with van der Waals surface area (Å²) in [6, 6.07) is 17.9. The second-order valence-corrected chi connectivity index (χ2v) is 4.91. The van der Waals surface area contributed by atoms with E-state index in [0.717, 1.165) is 11.1 Å². The van der Waals surface area contributed by atoms with Gasteiger partial charge in [0.25, 0.3) is 5.91 Å². The van der Waals surface area contributed by atoms with Gasteiger partial charge in [-0.25, -0.2) is 0 Å². The molecule has 0 N–H and O–H groups in total. The fourth-order valence-corrected chi connectivity index (χ4v) is 2.46. The molecule has 1 saturated heterocycles. The predicted octanol–water partition coefficient (Wildman–Crippen LogP) is 3.17. The van der Waals surface area contributed by atoms with Crippen LogP contribution in [0.15, 0.2) is 54.6 Å². The summed E-state index contributed by atoms with van der Waals surface area (Å²) in [6.07, 6.45) is -0.128. The zero-order chi connectivity index (χ0) is 13.9. The van der Waals surface area contributed by atoms with E-state index >= 15 is 0 Å². The lowest BCUT2D eigenvalue weighted by Crippen LogP contribution is -2.34. The van der Waals surface area contributed by atoms with Crippen molar-refractivity contribution >= 4 is 5.91 Å². The topological polar surface area (TPSA) is 29.5 Å². The zero-order valence-corrected chi connectivity index (χ0v) is 11.5. The minimum atomic E-state index is -0.128. The third kappa shape index (κ3) is 2.45. The number of amides is 1. The molecule has 0 aliphatic carbocycles. The number of carbonyl (C=O) groups is 1. The minimum Gasteiger partial charge on any atom is -0.357 e. The number of rotatable bonds is 2. The van der Waals surface area contributed by atoms with E-state index in [9.17, 15) is 4.79 Å². The molecule has 0 saturated carbocycles. The van der Waals surface area contributed by atoms with Crippen molar-refractivity contribution in [1.82, 2.24) is 4.90 Å². The van der Waals surface area contributed by atoms with E-state index in [-0.39, 0.29) is 12.1 Å². The number of benzene rings is 2. The zero-order valence-electron chi connectivity index (χ0n) is 11.5. The van der Waals surface area contributed by atoms with Crippen LogP contribution in [0.5, 0.6) is 0 Å². The molecule has 3 rings (SSSR count). The molecule has 1 aliphatic rings. The van der Waals surface area contributed by atoms with E-state index in [0.29, 0.717) is 18.7 Å². The molecule has 3 nitrogen and oxygen atoms in total. The first-order valence-corrected chi connectivity index (χ1v) is 6.84. The summed E-state index contributed by atoms with van der Waals surface area (Å²) in [5.41, 5.74) is 2.99. The van der Waals surface area contributed by atoms with Gasteiger partial charge in [0.15, 0.2) is 0 Å². The Bertz CT molecular complexity index is 592. The number of ether oxygens (including phenoxy) is 1. The number of hydrogen-bond acceptors (Lipinski definition) is 2. The number of hydrogen-bond donors (Lipinski definition) is 0. The van der Waals surface area contributed by atoms with E-state index in [2.05, 4.69) is 12.1 Å². The van der Waals surface area contributed by atoms with Gasteiger partial charge >= 0.3 is 0 Å². The van der Waals surface area contributed by atoms with E-state index in [4.69, 9.17) is 4.74 Å². The summed E-state index contributed by atoms with van der Waals surface area (Å²) in [7, 11) is 0. The Labute approximate surface area is 118 Å². The van der Waals surface area contributed by atoms with Crippen LogP contribution in [-0.2, 0) is 4.74 Å². The summed E-state index contributed by atoms with van der Waals surface area (Å²) < 4.78 is 5.41. The van der Waals surface area contributed by atoms with E-state index in [1.807, 2.05) is 49.4 Å². The van der Waals surface area contributed by atoms with Crippen LogP contribution in [0.25, 0.3) is 11.1 Å². The Morgan fingerprint density at radius 3 is 2.30 bits per heavy atom. The van der Waals surface area contributed by atoms with Gasteiger partial charge in [-0.05, 0) is 30.2 Å². The first-order valence-electron chi connectivity index (χ1n) is 6.84. The molecule has 1 aliphatic heterocycles. The fourth-order valence-electron chi connectivity index (χ4n) is 2.46. The SMILES string of the molecule is CC1OCCN1C(=O)c1ccc(-c2ccccc2)cc1. The van der Waals surface area contributed by atoms with Gasteiger partial charge < -0.3 is 9.64 Å². The molecule has 2 aromatic rings. The highest BCUT2D eigenvalue weighted by Crippen LogP contribution is 2.21. The smallest absolute Gasteiger partial charge is 0.255 e. The van der Waals surface area contributed by atoms with E-state index in [1.165, 1.54) is 0 Å². The van der Waals surface area contributed by atoms with Crippen LogP contribution in [0.1, 0.15) is 17.3 Å². The van der Waals surface area contributed by atoms with Crippen LogP contribution >= 0.6 is 0 Å². The summed E-state index contributed by atoms with van der Waals surface area (Å²) in [5, 5.41) is 0. The van der Waals surface area contributed by atoms with Crippen molar-refractivity contribution in [3.8, 4) is 11.1 Å². The monoisotopic (exact) mass is 267 g/mol. The van der Waals surface area contributed by atoms with Crippen LogP contribution in [0.2, 0.25) is 0 Å². The van der Waals surface area contributed by atoms with E-state index in [1.54, 1.807) is 4.90 Å². The van der Waals surface area contributed by atoms with Crippen molar-refractivity contribution in [2.75, 3.05) is 13.2 Å². The van der Waals surface area contributed by atoms with Crippen molar-refractivity contribution in [3.63, 3.8) is 0 Å². The van der Waals surface area contributed by atoms with Crippen molar-refractivity contribution in [1.29, 1.82) is 0 Å². The molecule has 1 heterocycles. The highest BCUT2D eigenvalue weighted by Gasteiger charge is 2.26. The van der Waals surface area contributed by atoms with Gasteiger partial charge in [-0.1, -0.05) is 42.5 Å². The maximum Gasteiger partial charge on any atom is 0.255 e. The molecular weight excluding hydrogens is 250 g/mol. The maximum absolute atomic E-state index is 12.4. The number of carbonyl (C=O) groups excluding carboxylic acids is 1. The molecule has 1 atom stereocenters. The summed E-state index contributed by atoms with van der Waals surface area (Å²) >= 11 is 0. The Balaban J connectivity index is 1.81. The lowest BCUT2D eigenvalue weighted by Gasteiger charge is -2.19.